The molecule has 1 amide bonds. The Bertz CT molecular complexity index is 633. The monoisotopic (exact) mass is 315 g/mol. The molecule has 0 radical (unpaired) electrons. The van der Waals surface area contributed by atoms with Gasteiger partial charge < -0.3 is 19.4 Å². The lowest BCUT2D eigenvalue weighted by Gasteiger charge is -2.30. The summed E-state index contributed by atoms with van der Waals surface area (Å²) in [6, 6.07) is 11.6. The van der Waals surface area contributed by atoms with Crippen molar-refractivity contribution in [2.45, 2.75) is 13.0 Å². The van der Waals surface area contributed by atoms with E-state index >= 15 is 0 Å². The Balaban J connectivity index is 1.67. The first-order chi connectivity index (χ1) is 11.2. The fourth-order valence-corrected chi connectivity index (χ4v) is 3.00. The van der Waals surface area contributed by atoms with Crippen molar-refractivity contribution in [2.75, 3.05) is 32.8 Å². The van der Waals surface area contributed by atoms with Gasteiger partial charge in [0.25, 0.3) is 5.91 Å². The highest BCUT2D eigenvalue weighted by atomic mass is 16.5. The number of carbonyl (C=O) groups is 1. The SMILES string of the molecule is Cc1cccc(C(=O)NC[C@@H](c2ccco2)[NH+]2CCOCC2)c1. The van der Waals surface area contributed by atoms with Crippen LogP contribution in [0.2, 0.25) is 0 Å². The third kappa shape index (κ3) is 4.00. The van der Waals surface area contributed by atoms with Crippen LogP contribution < -0.4 is 10.2 Å². The van der Waals surface area contributed by atoms with E-state index in [1.165, 1.54) is 4.90 Å². The minimum Gasteiger partial charge on any atom is -0.463 e. The normalized spacial score (nSPS) is 16.9. The molecule has 1 atom stereocenters. The van der Waals surface area contributed by atoms with Crippen LogP contribution in [0.5, 0.6) is 0 Å². The van der Waals surface area contributed by atoms with Crippen LogP contribution in [-0.4, -0.2) is 38.8 Å². The molecule has 5 heteroatoms. The van der Waals surface area contributed by atoms with E-state index in [1.54, 1.807) is 6.26 Å². The maximum atomic E-state index is 12.4. The summed E-state index contributed by atoms with van der Waals surface area (Å²) in [4.78, 5) is 13.8. The van der Waals surface area contributed by atoms with Crippen LogP contribution in [0, 0.1) is 6.92 Å². The summed E-state index contributed by atoms with van der Waals surface area (Å²) in [6.45, 7) is 5.88. The average molecular weight is 315 g/mol. The molecule has 1 aromatic heterocycles. The van der Waals surface area contributed by atoms with Crippen LogP contribution >= 0.6 is 0 Å². The fraction of sp³-hybridized carbons (Fsp3) is 0.389. The van der Waals surface area contributed by atoms with E-state index in [2.05, 4.69) is 5.32 Å². The number of hydrogen-bond donors (Lipinski definition) is 2. The second-order valence-electron chi connectivity index (χ2n) is 5.92. The number of aryl methyl sites for hydroxylation is 1. The molecule has 2 heterocycles. The third-order valence-corrected chi connectivity index (χ3v) is 4.26. The van der Waals surface area contributed by atoms with Gasteiger partial charge in [0.05, 0.1) is 26.0 Å². The Hall–Kier alpha value is -2.11. The largest absolute Gasteiger partial charge is 0.463 e. The highest BCUT2D eigenvalue weighted by Gasteiger charge is 2.29. The van der Waals surface area contributed by atoms with E-state index < -0.39 is 0 Å². The van der Waals surface area contributed by atoms with Crippen molar-refractivity contribution in [3.05, 3.63) is 59.5 Å². The predicted molar refractivity (Wildman–Crippen MR) is 86.5 cm³/mol. The van der Waals surface area contributed by atoms with Crippen molar-refractivity contribution in [2.24, 2.45) is 0 Å². The van der Waals surface area contributed by atoms with Gasteiger partial charge in [-0.15, -0.1) is 0 Å². The van der Waals surface area contributed by atoms with E-state index in [0.717, 1.165) is 37.6 Å². The molecular weight excluding hydrogens is 292 g/mol. The number of amides is 1. The molecule has 3 rings (SSSR count). The Kier molecular flexibility index (Phi) is 5.10. The molecule has 0 bridgehead atoms. The van der Waals surface area contributed by atoms with Crippen molar-refractivity contribution < 1.29 is 18.8 Å². The quantitative estimate of drug-likeness (QED) is 0.865. The molecule has 1 fully saturated rings. The molecule has 0 spiro atoms. The molecule has 1 aliphatic heterocycles. The van der Waals surface area contributed by atoms with Crippen molar-refractivity contribution in [3.8, 4) is 0 Å². The highest BCUT2D eigenvalue weighted by Crippen LogP contribution is 2.11. The summed E-state index contributed by atoms with van der Waals surface area (Å²) in [7, 11) is 0. The van der Waals surface area contributed by atoms with Crippen LogP contribution in [0.1, 0.15) is 27.7 Å². The molecule has 1 aliphatic rings. The van der Waals surface area contributed by atoms with Gasteiger partial charge >= 0.3 is 0 Å². The molecule has 0 saturated carbocycles. The Morgan fingerprint density at radius 1 is 1.26 bits per heavy atom. The molecule has 0 aliphatic carbocycles. The number of ether oxygens (including phenoxy) is 1. The van der Waals surface area contributed by atoms with Gasteiger partial charge in [0.2, 0.25) is 0 Å². The first-order valence-electron chi connectivity index (χ1n) is 8.04. The number of furan rings is 1. The summed E-state index contributed by atoms with van der Waals surface area (Å²) in [5.74, 6) is 0.865. The highest BCUT2D eigenvalue weighted by molar-refractivity contribution is 5.94. The topological polar surface area (TPSA) is 55.9 Å². The smallest absolute Gasteiger partial charge is 0.251 e. The minimum absolute atomic E-state index is 0.0436. The molecule has 5 nitrogen and oxygen atoms in total. The van der Waals surface area contributed by atoms with Crippen LogP contribution in [0.15, 0.2) is 47.1 Å². The second kappa shape index (κ2) is 7.44. The van der Waals surface area contributed by atoms with E-state index in [4.69, 9.17) is 9.15 Å². The summed E-state index contributed by atoms with van der Waals surface area (Å²) >= 11 is 0. The summed E-state index contributed by atoms with van der Waals surface area (Å²) in [6.07, 6.45) is 1.69. The van der Waals surface area contributed by atoms with Crippen LogP contribution in [0.25, 0.3) is 0 Å². The molecule has 1 saturated heterocycles. The van der Waals surface area contributed by atoms with E-state index in [0.29, 0.717) is 12.1 Å². The van der Waals surface area contributed by atoms with Gasteiger partial charge in [0, 0.05) is 5.56 Å². The average Bonchev–Trinajstić information content (AvgIpc) is 3.10. The Morgan fingerprint density at radius 2 is 2.09 bits per heavy atom. The summed E-state index contributed by atoms with van der Waals surface area (Å²) in [5, 5.41) is 3.05. The number of nitrogens with one attached hydrogen (secondary N) is 2. The Morgan fingerprint density at radius 3 is 2.78 bits per heavy atom. The van der Waals surface area contributed by atoms with Gasteiger partial charge in [0.1, 0.15) is 13.1 Å². The zero-order chi connectivity index (χ0) is 16.1. The summed E-state index contributed by atoms with van der Waals surface area (Å²) in [5.41, 5.74) is 1.78. The zero-order valence-corrected chi connectivity index (χ0v) is 13.4. The molecule has 1 aromatic carbocycles. The number of benzene rings is 1. The van der Waals surface area contributed by atoms with Gasteiger partial charge in [-0.2, -0.15) is 0 Å². The first kappa shape index (κ1) is 15.8. The van der Waals surface area contributed by atoms with Crippen molar-refractivity contribution in [1.82, 2.24) is 5.32 Å². The number of rotatable bonds is 5. The van der Waals surface area contributed by atoms with Gasteiger partial charge in [-0.3, -0.25) is 4.79 Å². The molecule has 23 heavy (non-hydrogen) atoms. The maximum absolute atomic E-state index is 12.4. The van der Waals surface area contributed by atoms with Crippen LogP contribution in [-0.2, 0) is 4.74 Å². The standard InChI is InChI=1S/C18H22N2O3/c1-14-4-2-5-15(12-14)18(21)19-13-16(17-6-3-9-23-17)20-7-10-22-11-8-20/h2-6,9,12,16H,7-8,10-11,13H2,1H3,(H,19,21)/p+1/t16-/m0/s1. The van der Waals surface area contributed by atoms with Gasteiger partial charge in [-0.05, 0) is 31.2 Å². The molecule has 2 N–H and O–H groups in total. The van der Waals surface area contributed by atoms with Crippen LogP contribution in [0.4, 0.5) is 0 Å². The van der Waals surface area contributed by atoms with Gasteiger partial charge in [-0.25, -0.2) is 0 Å². The lowest BCUT2D eigenvalue weighted by molar-refractivity contribution is -0.938. The minimum atomic E-state index is -0.0436. The third-order valence-electron chi connectivity index (χ3n) is 4.26. The van der Waals surface area contributed by atoms with Crippen molar-refractivity contribution in [1.29, 1.82) is 0 Å². The Labute approximate surface area is 136 Å². The lowest BCUT2D eigenvalue weighted by Crippen LogP contribution is -3.15. The van der Waals surface area contributed by atoms with E-state index in [-0.39, 0.29) is 11.9 Å². The second-order valence-corrected chi connectivity index (χ2v) is 5.92. The lowest BCUT2D eigenvalue weighted by atomic mass is 10.1. The van der Waals surface area contributed by atoms with Crippen LogP contribution in [0.3, 0.4) is 0 Å². The number of morpholine rings is 1. The maximum Gasteiger partial charge on any atom is 0.251 e. The number of hydrogen-bond acceptors (Lipinski definition) is 3. The van der Waals surface area contributed by atoms with Gasteiger partial charge in [0.15, 0.2) is 11.8 Å². The number of carbonyl (C=O) groups excluding carboxylic acids is 1. The molecule has 122 valence electrons. The van der Waals surface area contributed by atoms with E-state index in [9.17, 15) is 4.79 Å². The van der Waals surface area contributed by atoms with Crippen molar-refractivity contribution in [3.63, 3.8) is 0 Å². The van der Waals surface area contributed by atoms with E-state index in [1.807, 2.05) is 43.3 Å². The summed E-state index contributed by atoms with van der Waals surface area (Å²) < 4.78 is 11.0. The molecular formula is C18H23N2O3+. The number of quaternary nitrogens is 1. The van der Waals surface area contributed by atoms with Crippen molar-refractivity contribution >= 4 is 5.91 Å². The first-order valence-corrected chi connectivity index (χ1v) is 8.04. The van der Waals surface area contributed by atoms with Gasteiger partial charge in [-0.1, -0.05) is 17.7 Å². The fourth-order valence-electron chi connectivity index (χ4n) is 3.00. The predicted octanol–water partition coefficient (Wildman–Crippen LogP) is 0.974. The molecule has 0 unspecified atom stereocenters. The zero-order valence-electron chi connectivity index (χ0n) is 13.4. The molecule has 2 aromatic rings.